The Bertz CT molecular complexity index is 1110. The summed E-state index contributed by atoms with van der Waals surface area (Å²) in [4.78, 5) is 38.4. The van der Waals surface area contributed by atoms with Crippen molar-refractivity contribution in [2.24, 2.45) is 23.7 Å². The van der Waals surface area contributed by atoms with Gasteiger partial charge in [-0.2, -0.15) is 13.2 Å². The summed E-state index contributed by atoms with van der Waals surface area (Å²) in [7, 11) is 1.32. The largest absolute Gasteiger partial charge is 0.496 e. The number of methoxy groups -OCH3 is 1. The molecule has 8 nitrogen and oxygen atoms in total. The van der Waals surface area contributed by atoms with Gasteiger partial charge in [-0.1, -0.05) is 0 Å². The normalized spacial score (nSPS) is 27.3. The van der Waals surface area contributed by atoms with Crippen LogP contribution in [0.15, 0.2) is 12.1 Å². The van der Waals surface area contributed by atoms with E-state index in [1.807, 2.05) is 0 Å². The number of carbonyl (C=O) groups excluding carboxylic acids is 3. The summed E-state index contributed by atoms with van der Waals surface area (Å²) in [5, 5.41) is 5.55. The number of hydrogen-bond acceptors (Lipinski definition) is 6. The predicted octanol–water partition coefficient (Wildman–Crippen LogP) is 4.94. The summed E-state index contributed by atoms with van der Waals surface area (Å²) in [5.74, 6) is -2.62. The molecule has 3 aliphatic carbocycles. The fraction of sp³-hybridized carbons (Fsp3) is 0.690. The van der Waals surface area contributed by atoms with Gasteiger partial charge >= 0.3 is 12.1 Å². The van der Waals surface area contributed by atoms with E-state index in [2.05, 4.69) is 10.6 Å². The standard InChI is InChI=1S/C29H38F4N2O6/c1-3-40-28(38)16-7-9-19(10-8-16)41-23-14-20(22(39-2)15-21(23)30)26(36)35-25-18-6-5-17(13-18)24(25)27(37)34-12-4-11-29(31,32)33/h14-19,24-25H,3-13H2,1-2H3,(H,34,37)(H,35,36)/t16-,17-,18+,19+,24+,25-/m1/s1. The molecule has 1 aromatic carbocycles. The number of alkyl halides is 3. The first-order valence-electron chi connectivity index (χ1n) is 14.4. The van der Waals surface area contributed by atoms with Gasteiger partial charge in [0.25, 0.3) is 5.91 Å². The van der Waals surface area contributed by atoms with Crippen molar-refractivity contribution in [3.05, 3.63) is 23.5 Å². The summed E-state index contributed by atoms with van der Waals surface area (Å²) in [6.45, 7) is 1.97. The number of amides is 2. The minimum Gasteiger partial charge on any atom is -0.496 e. The van der Waals surface area contributed by atoms with Crippen LogP contribution in [0.5, 0.6) is 11.5 Å². The molecule has 0 heterocycles. The molecule has 12 heteroatoms. The third-order valence-corrected chi connectivity index (χ3v) is 8.54. The number of nitrogens with one attached hydrogen (secondary N) is 2. The Balaban J connectivity index is 1.41. The second kappa shape index (κ2) is 13.3. The number of fused-ring (bicyclic) bond motifs is 2. The van der Waals surface area contributed by atoms with Gasteiger partial charge in [-0.3, -0.25) is 14.4 Å². The van der Waals surface area contributed by atoms with Crippen LogP contribution < -0.4 is 20.1 Å². The van der Waals surface area contributed by atoms with Gasteiger partial charge in [0.1, 0.15) is 5.75 Å². The lowest BCUT2D eigenvalue weighted by atomic mass is 9.83. The molecule has 2 N–H and O–H groups in total. The first-order valence-corrected chi connectivity index (χ1v) is 14.4. The van der Waals surface area contributed by atoms with Gasteiger partial charge < -0.3 is 24.8 Å². The van der Waals surface area contributed by atoms with Crippen molar-refractivity contribution in [2.45, 2.75) is 83.0 Å². The molecule has 2 amide bonds. The smallest absolute Gasteiger partial charge is 0.389 e. The van der Waals surface area contributed by atoms with Crippen LogP contribution in [0.4, 0.5) is 17.6 Å². The first kappa shape index (κ1) is 30.9. The van der Waals surface area contributed by atoms with Crippen molar-refractivity contribution < 1.29 is 46.2 Å². The van der Waals surface area contributed by atoms with E-state index in [4.69, 9.17) is 14.2 Å². The molecule has 2 bridgehead atoms. The Hall–Kier alpha value is -3.05. The molecule has 0 aliphatic heterocycles. The van der Waals surface area contributed by atoms with Crippen LogP contribution in [0.2, 0.25) is 0 Å². The minimum atomic E-state index is -4.29. The minimum absolute atomic E-state index is 0.00896. The maximum Gasteiger partial charge on any atom is 0.389 e. The van der Waals surface area contributed by atoms with Crippen molar-refractivity contribution in [2.75, 3.05) is 20.3 Å². The monoisotopic (exact) mass is 586 g/mol. The zero-order valence-corrected chi connectivity index (χ0v) is 23.4. The van der Waals surface area contributed by atoms with Crippen LogP contribution in [-0.4, -0.2) is 56.4 Å². The van der Waals surface area contributed by atoms with E-state index >= 15 is 0 Å². The average Bonchev–Trinajstić information content (AvgIpc) is 3.54. The van der Waals surface area contributed by atoms with Crippen LogP contribution in [0.25, 0.3) is 0 Å². The molecule has 4 rings (SSSR count). The summed E-state index contributed by atoms with van der Waals surface area (Å²) in [6.07, 6.45) is -1.26. The van der Waals surface area contributed by atoms with E-state index in [0.717, 1.165) is 25.3 Å². The number of hydrogen-bond donors (Lipinski definition) is 2. The Labute approximate surface area is 236 Å². The highest BCUT2D eigenvalue weighted by atomic mass is 19.4. The molecular weight excluding hydrogens is 548 g/mol. The van der Waals surface area contributed by atoms with Gasteiger partial charge in [0, 0.05) is 25.1 Å². The lowest BCUT2D eigenvalue weighted by Gasteiger charge is -2.31. The number of ether oxygens (including phenoxy) is 3. The molecule has 4 atom stereocenters. The molecule has 3 fully saturated rings. The van der Waals surface area contributed by atoms with Crippen LogP contribution in [-0.2, 0) is 14.3 Å². The summed E-state index contributed by atoms with van der Waals surface area (Å²) in [6, 6.07) is 1.88. The van der Waals surface area contributed by atoms with E-state index in [1.54, 1.807) is 6.92 Å². The third-order valence-electron chi connectivity index (χ3n) is 8.54. The lowest BCUT2D eigenvalue weighted by Crippen LogP contribution is -2.50. The Kier molecular flexibility index (Phi) is 10.0. The molecule has 228 valence electrons. The van der Waals surface area contributed by atoms with Gasteiger partial charge in [-0.05, 0) is 76.2 Å². The van der Waals surface area contributed by atoms with Crippen molar-refractivity contribution >= 4 is 17.8 Å². The molecule has 3 aliphatic rings. The van der Waals surface area contributed by atoms with Crippen molar-refractivity contribution in [3.8, 4) is 11.5 Å². The van der Waals surface area contributed by atoms with Crippen molar-refractivity contribution in [1.29, 1.82) is 0 Å². The summed E-state index contributed by atoms with van der Waals surface area (Å²) >= 11 is 0. The molecule has 0 saturated heterocycles. The van der Waals surface area contributed by atoms with Gasteiger partial charge in [-0.25, -0.2) is 4.39 Å². The molecule has 41 heavy (non-hydrogen) atoms. The average molecular weight is 587 g/mol. The lowest BCUT2D eigenvalue weighted by molar-refractivity contribution is -0.149. The zero-order valence-electron chi connectivity index (χ0n) is 23.4. The molecule has 1 aromatic rings. The van der Waals surface area contributed by atoms with Gasteiger partial charge in [0.05, 0.1) is 37.2 Å². The Morgan fingerprint density at radius 3 is 2.37 bits per heavy atom. The number of halogens is 4. The van der Waals surface area contributed by atoms with Crippen LogP contribution in [0.3, 0.4) is 0 Å². The molecule has 0 aromatic heterocycles. The first-order chi connectivity index (χ1) is 19.5. The Morgan fingerprint density at radius 2 is 1.71 bits per heavy atom. The number of benzene rings is 1. The quantitative estimate of drug-likeness (QED) is 0.216. The third kappa shape index (κ3) is 7.62. The highest BCUT2D eigenvalue weighted by Gasteiger charge is 2.51. The topological polar surface area (TPSA) is 103 Å². The zero-order chi connectivity index (χ0) is 29.7. The maximum atomic E-state index is 14.9. The van der Waals surface area contributed by atoms with Gasteiger partial charge in [-0.15, -0.1) is 0 Å². The van der Waals surface area contributed by atoms with E-state index in [1.165, 1.54) is 13.2 Å². The number of carbonyl (C=O) groups is 3. The number of rotatable bonds is 11. The summed E-state index contributed by atoms with van der Waals surface area (Å²) < 4.78 is 68.6. The van der Waals surface area contributed by atoms with Gasteiger partial charge in [0.2, 0.25) is 5.91 Å². The summed E-state index contributed by atoms with van der Waals surface area (Å²) in [5.41, 5.74) is 0.0521. The van der Waals surface area contributed by atoms with Crippen molar-refractivity contribution in [1.82, 2.24) is 10.6 Å². The SMILES string of the molecule is CCOC(=O)[C@H]1CC[C@@H](Oc2cc(C(=O)N[C@@H]3[C@H]4CC[C@H](C4)[C@@H]3C(=O)NCCCC(F)(F)F)c(OC)cc2F)CC1. The van der Waals surface area contributed by atoms with E-state index in [-0.39, 0.29) is 65.8 Å². The van der Waals surface area contributed by atoms with E-state index in [0.29, 0.717) is 32.3 Å². The fourth-order valence-electron chi connectivity index (χ4n) is 6.55. The van der Waals surface area contributed by atoms with Crippen LogP contribution in [0, 0.1) is 29.5 Å². The maximum absolute atomic E-state index is 14.9. The van der Waals surface area contributed by atoms with Crippen LogP contribution >= 0.6 is 0 Å². The highest BCUT2D eigenvalue weighted by Crippen LogP contribution is 2.49. The number of esters is 1. The predicted molar refractivity (Wildman–Crippen MR) is 140 cm³/mol. The highest BCUT2D eigenvalue weighted by molar-refractivity contribution is 5.98. The second-order valence-electron chi connectivity index (χ2n) is 11.2. The molecule has 0 spiro atoms. The fourth-order valence-corrected chi connectivity index (χ4v) is 6.55. The Morgan fingerprint density at radius 1 is 1.00 bits per heavy atom. The molecule has 3 saturated carbocycles. The van der Waals surface area contributed by atoms with Gasteiger partial charge in [0.15, 0.2) is 11.6 Å². The molecule has 0 radical (unpaired) electrons. The van der Waals surface area contributed by atoms with E-state index in [9.17, 15) is 31.9 Å². The van der Waals surface area contributed by atoms with E-state index < -0.39 is 36.3 Å². The van der Waals surface area contributed by atoms with Crippen LogP contribution in [0.1, 0.15) is 75.1 Å². The second-order valence-corrected chi connectivity index (χ2v) is 11.2. The molecular formula is C29H38F4N2O6. The van der Waals surface area contributed by atoms with Crippen molar-refractivity contribution in [3.63, 3.8) is 0 Å². The molecule has 0 unspecified atom stereocenters.